The molecule has 34 heavy (non-hydrogen) atoms. The van der Waals surface area contributed by atoms with Crippen LogP contribution in [0.2, 0.25) is 10.0 Å². The van der Waals surface area contributed by atoms with Gasteiger partial charge < -0.3 is 10.2 Å². The van der Waals surface area contributed by atoms with Crippen LogP contribution in [0.1, 0.15) is 37.0 Å². The molecule has 0 fully saturated rings. The fourth-order valence-corrected chi connectivity index (χ4v) is 4.78. The van der Waals surface area contributed by atoms with E-state index in [-0.39, 0.29) is 12.5 Å². The van der Waals surface area contributed by atoms with Gasteiger partial charge in [-0.3, -0.25) is 13.9 Å². The quantitative estimate of drug-likeness (QED) is 0.498. The fourth-order valence-electron chi connectivity index (χ4n) is 3.41. The largest absolute Gasteiger partial charge is 0.354 e. The van der Waals surface area contributed by atoms with Crippen LogP contribution < -0.4 is 9.62 Å². The lowest BCUT2D eigenvalue weighted by atomic mass is 10.1. The van der Waals surface area contributed by atoms with Crippen molar-refractivity contribution in [3.63, 3.8) is 0 Å². The lowest BCUT2D eigenvalue weighted by Crippen LogP contribution is -2.51. The first-order valence-corrected chi connectivity index (χ1v) is 13.5. The zero-order chi connectivity index (χ0) is 25.6. The second-order valence-electron chi connectivity index (χ2n) is 8.21. The molecule has 0 saturated heterocycles. The number of nitrogens with zero attached hydrogens (tertiary/aromatic N) is 2. The molecule has 2 rings (SSSR count). The number of halogens is 2. The second kappa shape index (κ2) is 11.9. The molecule has 2 aromatic carbocycles. The third kappa shape index (κ3) is 7.10. The number of nitrogens with one attached hydrogen (secondary N) is 1. The van der Waals surface area contributed by atoms with E-state index >= 15 is 0 Å². The van der Waals surface area contributed by atoms with E-state index in [4.69, 9.17) is 23.2 Å². The first kappa shape index (κ1) is 28.0. The maximum absolute atomic E-state index is 13.5. The molecule has 1 atom stereocenters. The van der Waals surface area contributed by atoms with Crippen molar-refractivity contribution in [3.8, 4) is 0 Å². The molecule has 186 valence electrons. The van der Waals surface area contributed by atoms with Gasteiger partial charge in [0, 0.05) is 23.1 Å². The van der Waals surface area contributed by atoms with Gasteiger partial charge in [-0.15, -0.1) is 0 Å². The van der Waals surface area contributed by atoms with Gasteiger partial charge in [0.15, 0.2) is 0 Å². The third-order valence-corrected chi connectivity index (χ3v) is 7.31. The molecule has 1 N–H and O–H groups in total. The number of carbonyl (C=O) groups is 2. The Balaban J connectivity index is 2.45. The van der Waals surface area contributed by atoms with Crippen molar-refractivity contribution < 1.29 is 18.0 Å². The molecule has 0 aliphatic rings. The number of anilines is 1. The number of rotatable bonds is 10. The number of sulfonamides is 1. The molecule has 2 aromatic rings. The van der Waals surface area contributed by atoms with Gasteiger partial charge in [0.05, 0.1) is 11.9 Å². The first-order valence-electron chi connectivity index (χ1n) is 10.9. The molecular weight excluding hydrogens is 497 g/mol. The van der Waals surface area contributed by atoms with Gasteiger partial charge >= 0.3 is 0 Å². The molecule has 0 heterocycles. The van der Waals surface area contributed by atoms with Crippen LogP contribution in [-0.2, 0) is 26.2 Å². The molecule has 0 bridgehead atoms. The molecule has 0 aliphatic carbocycles. The summed E-state index contributed by atoms with van der Waals surface area (Å²) >= 11 is 12.3. The highest BCUT2D eigenvalue weighted by molar-refractivity contribution is 7.92. The Morgan fingerprint density at radius 2 is 1.79 bits per heavy atom. The number of hydrogen-bond acceptors (Lipinski definition) is 4. The molecule has 0 aromatic heterocycles. The van der Waals surface area contributed by atoms with Crippen LogP contribution in [-0.4, -0.2) is 50.5 Å². The number of amides is 2. The van der Waals surface area contributed by atoms with Crippen LogP contribution in [0.15, 0.2) is 36.4 Å². The summed E-state index contributed by atoms with van der Waals surface area (Å²) in [5.74, 6) is -0.866. The predicted octanol–water partition coefficient (Wildman–Crippen LogP) is 4.32. The van der Waals surface area contributed by atoms with Crippen molar-refractivity contribution in [1.82, 2.24) is 10.2 Å². The van der Waals surface area contributed by atoms with Crippen molar-refractivity contribution in [2.75, 3.05) is 23.7 Å². The van der Waals surface area contributed by atoms with Gasteiger partial charge in [-0.2, -0.15) is 0 Å². The Labute approximate surface area is 212 Å². The molecular formula is C24H31Cl2N3O4S. The van der Waals surface area contributed by atoms with Crippen molar-refractivity contribution in [1.29, 1.82) is 0 Å². The summed E-state index contributed by atoms with van der Waals surface area (Å²) in [5, 5.41) is 3.58. The van der Waals surface area contributed by atoms with E-state index in [0.29, 0.717) is 27.8 Å². The smallest absolute Gasteiger partial charge is 0.244 e. The number of aryl methyl sites for hydroxylation is 1. The average molecular weight is 529 g/mol. The molecule has 0 spiro atoms. The fraction of sp³-hybridized carbons (Fsp3) is 0.417. The minimum atomic E-state index is -3.79. The Hall–Kier alpha value is -2.29. The lowest BCUT2D eigenvalue weighted by molar-refractivity contribution is -0.139. The minimum absolute atomic E-state index is 0.0138. The van der Waals surface area contributed by atoms with E-state index in [2.05, 4.69) is 5.32 Å². The minimum Gasteiger partial charge on any atom is -0.354 e. The molecule has 0 radical (unpaired) electrons. The van der Waals surface area contributed by atoms with Crippen molar-refractivity contribution in [2.24, 2.45) is 0 Å². The summed E-state index contributed by atoms with van der Waals surface area (Å²) in [4.78, 5) is 27.6. The highest BCUT2D eigenvalue weighted by Crippen LogP contribution is 2.26. The van der Waals surface area contributed by atoms with Crippen LogP contribution in [0.3, 0.4) is 0 Å². The molecule has 2 amide bonds. The molecule has 0 aliphatic heterocycles. The zero-order valence-electron chi connectivity index (χ0n) is 20.1. The van der Waals surface area contributed by atoms with Gasteiger partial charge in [0.25, 0.3) is 0 Å². The van der Waals surface area contributed by atoms with Crippen molar-refractivity contribution >= 4 is 50.7 Å². The number of benzene rings is 2. The van der Waals surface area contributed by atoms with E-state index < -0.39 is 28.5 Å². The SMILES string of the molecule is CCCNC(=O)[C@H](C)N(Cc1ccc(Cl)cc1Cl)C(=O)CN(c1cccc(C)c1C)S(C)(=O)=O. The van der Waals surface area contributed by atoms with Gasteiger partial charge in [0.2, 0.25) is 21.8 Å². The molecule has 10 heteroatoms. The Morgan fingerprint density at radius 1 is 1.12 bits per heavy atom. The third-order valence-electron chi connectivity index (χ3n) is 5.60. The Morgan fingerprint density at radius 3 is 2.38 bits per heavy atom. The van der Waals surface area contributed by atoms with Crippen molar-refractivity contribution in [3.05, 3.63) is 63.1 Å². The number of hydrogen-bond donors (Lipinski definition) is 1. The summed E-state index contributed by atoms with van der Waals surface area (Å²) in [5.41, 5.74) is 2.66. The highest BCUT2D eigenvalue weighted by atomic mass is 35.5. The maximum Gasteiger partial charge on any atom is 0.244 e. The number of carbonyl (C=O) groups excluding carboxylic acids is 2. The summed E-state index contributed by atoms with van der Waals surface area (Å²) in [7, 11) is -3.79. The normalized spacial score (nSPS) is 12.2. The second-order valence-corrected chi connectivity index (χ2v) is 11.0. The van der Waals surface area contributed by atoms with E-state index in [1.165, 1.54) is 4.90 Å². The Bertz CT molecular complexity index is 1150. The van der Waals surface area contributed by atoms with Crippen LogP contribution in [0.5, 0.6) is 0 Å². The van der Waals surface area contributed by atoms with Crippen LogP contribution >= 0.6 is 23.2 Å². The van der Waals surface area contributed by atoms with E-state index in [0.717, 1.165) is 28.1 Å². The van der Waals surface area contributed by atoms with Crippen molar-refractivity contribution in [2.45, 2.75) is 46.7 Å². The van der Waals surface area contributed by atoms with Gasteiger partial charge in [-0.25, -0.2) is 8.42 Å². The predicted molar refractivity (Wildman–Crippen MR) is 138 cm³/mol. The monoisotopic (exact) mass is 527 g/mol. The lowest BCUT2D eigenvalue weighted by Gasteiger charge is -2.32. The standard InChI is InChI=1S/C24H31Cl2N3O4S/c1-6-12-27-24(31)18(4)28(14-19-10-11-20(25)13-21(19)26)23(30)15-29(34(5,32)33)22-9-7-8-16(2)17(22)3/h7-11,13,18H,6,12,14-15H2,1-5H3,(H,27,31)/t18-/m0/s1. The van der Waals surface area contributed by atoms with Gasteiger partial charge in [-0.05, 0) is 62.1 Å². The average Bonchev–Trinajstić information content (AvgIpc) is 2.76. The van der Waals surface area contributed by atoms with Crippen LogP contribution in [0, 0.1) is 13.8 Å². The van der Waals surface area contributed by atoms with E-state index in [1.807, 2.05) is 19.9 Å². The molecule has 7 nitrogen and oxygen atoms in total. The van der Waals surface area contributed by atoms with Gasteiger partial charge in [-0.1, -0.05) is 48.3 Å². The topological polar surface area (TPSA) is 86.8 Å². The van der Waals surface area contributed by atoms with E-state index in [1.54, 1.807) is 44.2 Å². The summed E-state index contributed by atoms with van der Waals surface area (Å²) < 4.78 is 26.5. The maximum atomic E-state index is 13.5. The molecule has 0 saturated carbocycles. The first-order chi connectivity index (χ1) is 15.9. The highest BCUT2D eigenvalue weighted by Gasteiger charge is 2.31. The Kier molecular flexibility index (Phi) is 9.79. The summed E-state index contributed by atoms with van der Waals surface area (Å²) in [6.07, 6.45) is 1.80. The zero-order valence-corrected chi connectivity index (χ0v) is 22.4. The van der Waals surface area contributed by atoms with Crippen LogP contribution in [0.25, 0.3) is 0 Å². The summed E-state index contributed by atoms with van der Waals surface area (Å²) in [6.45, 7) is 7.23. The summed E-state index contributed by atoms with van der Waals surface area (Å²) in [6, 6.07) is 9.30. The van der Waals surface area contributed by atoms with E-state index in [9.17, 15) is 18.0 Å². The van der Waals surface area contributed by atoms with Crippen LogP contribution in [0.4, 0.5) is 5.69 Å². The molecule has 0 unspecified atom stereocenters. The van der Waals surface area contributed by atoms with Gasteiger partial charge in [0.1, 0.15) is 12.6 Å².